The lowest BCUT2D eigenvalue weighted by Gasteiger charge is -2.03. The first-order valence-corrected chi connectivity index (χ1v) is 6.08. The highest BCUT2D eigenvalue weighted by Gasteiger charge is 2.06. The van der Waals surface area contributed by atoms with Crippen molar-refractivity contribution >= 4 is 17.1 Å². The Bertz CT molecular complexity index is 703. The van der Waals surface area contributed by atoms with E-state index in [-0.39, 0.29) is 0 Å². The zero-order chi connectivity index (χ0) is 12.5. The van der Waals surface area contributed by atoms with Gasteiger partial charge < -0.3 is 5.73 Å². The fourth-order valence-corrected chi connectivity index (χ4v) is 2.20. The Balaban J connectivity index is 2.18. The third kappa shape index (κ3) is 1.88. The summed E-state index contributed by atoms with van der Waals surface area (Å²) in [4.78, 5) is 4.45. The van der Waals surface area contributed by atoms with Gasteiger partial charge in [-0.3, -0.25) is 4.40 Å². The number of nitrogens with zero attached hydrogens (tertiary/aromatic N) is 2. The van der Waals surface area contributed by atoms with Crippen LogP contribution in [0.15, 0.2) is 48.8 Å². The second kappa shape index (κ2) is 4.44. The lowest BCUT2D eigenvalue weighted by Crippen LogP contribution is -1.97. The average molecular weight is 258 g/mol. The van der Waals surface area contributed by atoms with Crippen molar-refractivity contribution in [2.75, 3.05) is 0 Å². The molecule has 0 aliphatic rings. The molecular weight excluding hydrogens is 246 g/mol. The number of imidazole rings is 1. The van der Waals surface area contributed by atoms with E-state index in [1.165, 1.54) is 0 Å². The summed E-state index contributed by atoms with van der Waals surface area (Å²) >= 11 is 6.01. The van der Waals surface area contributed by atoms with Crippen LogP contribution in [0.4, 0.5) is 0 Å². The van der Waals surface area contributed by atoms with Crippen molar-refractivity contribution < 1.29 is 0 Å². The summed E-state index contributed by atoms with van der Waals surface area (Å²) in [5, 5.41) is 0.711. The fraction of sp³-hybridized carbons (Fsp3) is 0.0714. The van der Waals surface area contributed by atoms with Gasteiger partial charge in [0.25, 0.3) is 0 Å². The van der Waals surface area contributed by atoms with E-state index < -0.39 is 0 Å². The number of nitrogens with two attached hydrogens (primary N) is 1. The minimum Gasteiger partial charge on any atom is -0.326 e. The number of rotatable bonds is 2. The molecule has 2 N–H and O–H groups in total. The predicted octanol–water partition coefficient (Wildman–Crippen LogP) is 3.11. The van der Waals surface area contributed by atoms with E-state index >= 15 is 0 Å². The average Bonchev–Trinajstić information content (AvgIpc) is 2.81. The number of hydrogen-bond acceptors (Lipinski definition) is 2. The summed E-state index contributed by atoms with van der Waals surface area (Å²) in [7, 11) is 0. The van der Waals surface area contributed by atoms with Gasteiger partial charge in [-0.25, -0.2) is 4.98 Å². The second-order valence-electron chi connectivity index (χ2n) is 4.13. The van der Waals surface area contributed by atoms with Crippen molar-refractivity contribution in [3.05, 3.63) is 59.4 Å². The molecule has 0 aliphatic heterocycles. The number of benzene rings is 1. The van der Waals surface area contributed by atoms with Crippen molar-refractivity contribution in [3.63, 3.8) is 0 Å². The zero-order valence-corrected chi connectivity index (χ0v) is 10.4. The van der Waals surface area contributed by atoms with Crippen LogP contribution in [0.25, 0.3) is 16.9 Å². The Morgan fingerprint density at radius 2 is 2.11 bits per heavy atom. The molecule has 3 aromatic rings. The highest BCUT2D eigenvalue weighted by molar-refractivity contribution is 6.30. The van der Waals surface area contributed by atoms with Crippen molar-refractivity contribution in [2.24, 2.45) is 5.73 Å². The molecule has 0 spiro atoms. The van der Waals surface area contributed by atoms with Gasteiger partial charge in [-0.05, 0) is 29.8 Å². The summed E-state index contributed by atoms with van der Waals surface area (Å²) in [6.07, 6.45) is 3.83. The molecule has 18 heavy (non-hydrogen) atoms. The molecule has 2 heterocycles. The lowest BCUT2D eigenvalue weighted by molar-refractivity contribution is 1.05. The molecule has 0 atom stereocenters. The van der Waals surface area contributed by atoms with Gasteiger partial charge >= 0.3 is 0 Å². The van der Waals surface area contributed by atoms with Crippen LogP contribution in [0.1, 0.15) is 5.56 Å². The lowest BCUT2D eigenvalue weighted by atomic mass is 10.2. The third-order valence-corrected chi connectivity index (χ3v) is 3.15. The minimum atomic E-state index is 0.536. The quantitative estimate of drug-likeness (QED) is 0.767. The van der Waals surface area contributed by atoms with Gasteiger partial charge in [-0.15, -0.1) is 0 Å². The van der Waals surface area contributed by atoms with E-state index in [0.717, 1.165) is 22.5 Å². The monoisotopic (exact) mass is 257 g/mol. The van der Waals surface area contributed by atoms with Gasteiger partial charge in [0.2, 0.25) is 0 Å². The molecule has 0 fully saturated rings. The molecule has 1 aromatic carbocycles. The molecule has 0 unspecified atom stereocenters. The largest absolute Gasteiger partial charge is 0.326 e. The maximum atomic E-state index is 6.01. The Labute approximate surface area is 110 Å². The van der Waals surface area contributed by atoms with Gasteiger partial charge in [-0.1, -0.05) is 23.7 Å². The van der Waals surface area contributed by atoms with E-state index in [1.807, 2.05) is 53.2 Å². The number of fused-ring (bicyclic) bond motifs is 1. The normalized spacial score (nSPS) is 11.0. The third-order valence-electron chi connectivity index (χ3n) is 2.91. The fourth-order valence-electron chi connectivity index (χ4n) is 2.01. The van der Waals surface area contributed by atoms with Gasteiger partial charge in [-0.2, -0.15) is 0 Å². The van der Waals surface area contributed by atoms with E-state index in [0.29, 0.717) is 11.6 Å². The van der Waals surface area contributed by atoms with Crippen LogP contribution < -0.4 is 5.73 Å². The van der Waals surface area contributed by atoms with Crippen molar-refractivity contribution in [1.29, 1.82) is 0 Å². The predicted molar refractivity (Wildman–Crippen MR) is 73.5 cm³/mol. The highest BCUT2D eigenvalue weighted by atomic mass is 35.5. The number of hydrogen-bond donors (Lipinski definition) is 1. The molecule has 0 saturated heterocycles. The molecule has 4 heteroatoms. The first-order valence-electron chi connectivity index (χ1n) is 5.70. The van der Waals surface area contributed by atoms with Crippen LogP contribution in [0.2, 0.25) is 5.02 Å². The first-order chi connectivity index (χ1) is 8.78. The summed E-state index contributed by atoms with van der Waals surface area (Å²) < 4.78 is 2.03. The molecule has 0 radical (unpaired) electrons. The van der Waals surface area contributed by atoms with Crippen LogP contribution in [0.5, 0.6) is 0 Å². The first kappa shape index (κ1) is 11.3. The van der Waals surface area contributed by atoms with Crippen LogP contribution in [0.3, 0.4) is 0 Å². The van der Waals surface area contributed by atoms with Crippen LogP contribution in [0, 0.1) is 0 Å². The van der Waals surface area contributed by atoms with Gasteiger partial charge in [0.1, 0.15) is 5.82 Å². The summed E-state index contributed by atoms with van der Waals surface area (Å²) in [6, 6.07) is 11.7. The summed E-state index contributed by atoms with van der Waals surface area (Å²) in [5.41, 5.74) is 8.77. The Kier molecular flexibility index (Phi) is 2.78. The number of pyridine rings is 1. The molecule has 2 aromatic heterocycles. The van der Waals surface area contributed by atoms with Gasteiger partial charge in [0.05, 0.1) is 11.7 Å². The van der Waals surface area contributed by atoms with Gasteiger partial charge in [0, 0.05) is 23.3 Å². The van der Waals surface area contributed by atoms with E-state index in [4.69, 9.17) is 17.3 Å². The van der Waals surface area contributed by atoms with Gasteiger partial charge in [0.15, 0.2) is 0 Å². The second-order valence-corrected chi connectivity index (χ2v) is 4.56. The van der Waals surface area contributed by atoms with Crippen LogP contribution in [-0.4, -0.2) is 9.38 Å². The molecule has 0 saturated carbocycles. The standard InChI is InChI=1S/C14H12ClN3/c15-12-3-1-2-11(7-12)14-17-9-13-6-10(8-16)4-5-18(13)14/h1-7,9H,8,16H2. The number of aromatic nitrogens is 2. The van der Waals surface area contributed by atoms with E-state index in [1.54, 1.807) is 0 Å². The smallest absolute Gasteiger partial charge is 0.144 e. The highest BCUT2D eigenvalue weighted by Crippen LogP contribution is 2.23. The van der Waals surface area contributed by atoms with E-state index in [9.17, 15) is 0 Å². The molecule has 0 amide bonds. The molecule has 0 bridgehead atoms. The van der Waals surface area contributed by atoms with Crippen molar-refractivity contribution in [1.82, 2.24) is 9.38 Å². The Morgan fingerprint density at radius 3 is 2.89 bits per heavy atom. The van der Waals surface area contributed by atoms with Crippen LogP contribution in [-0.2, 0) is 6.54 Å². The summed E-state index contributed by atoms with van der Waals surface area (Å²) in [6.45, 7) is 0.536. The molecule has 90 valence electrons. The Hall–Kier alpha value is -1.84. The topological polar surface area (TPSA) is 43.3 Å². The summed E-state index contributed by atoms with van der Waals surface area (Å²) in [5.74, 6) is 0.885. The Morgan fingerprint density at radius 1 is 1.22 bits per heavy atom. The molecule has 3 nitrogen and oxygen atoms in total. The maximum absolute atomic E-state index is 6.01. The van der Waals surface area contributed by atoms with Crippen molar-refractivity contribution in [2.45, 2.75) is 6.54 Å². The zero-order valence-electron chi connectivity index (χ0n) is 9.68. The minimum absolute atomic E-state index is 0.536. The SMILES string of the molecule is NCc1ccn2c(-c3cccc(Cl)c3)ncc2c1. The number of halogens is 1. The molecular formula is C14H12ClN3. The maximum Gasteiger partial charge on any atom is 0.144 e. The molecule has 3 rings (SSSR count). The van der Waals surface area contributed by atoms with E-state index in [2.05, 4.69) is 4.98 Å². The molecule has 0 aliphatic carbocycles. The van der Waals surface area contributed by atoms with Crippen molar-refractivity contribution in [3.8, 4) is 11.4 Å². The van der Waals surface area contributed by atoms with Crippen LogP contribution >= 0.6 is 11.6 Å².